The molecule has 0 aliphatic carbocycles. The zero-order chi connectivity index (χ0) is 14.3. The van der Waals surface area contributed by atoms with E-state index in [1.54, 1.807) is 4.57 Å². The second-order valence-electron chi connectivity index (χ2n) is 5.43. The fourth-order valence-corrected chi connectivity index (χ4v) is 3.25. The van der Waals surface area contributed by atoms with E-state index >= 15 is 0 Å². The first-order chi connectivity index (χ1) is 8.74. The molecule has 1 saturated heterocycles. The van der Waals surface area contributed by atoms with Crippen molar-refractivity contribution in [3.63, 3.8) is 0 Å². The third kappa shape index (κ3) is 2.93. The van der Waals surface area contributed by atoms with Crippen LogP contribution in [0.5, 0.6) is 0 Å². The molecule has 1 atom stereocenters. The molecule has 108 valence electrons. The summed E-state index contributed by atoms with van der Waals surface area (Å²) < 4.78 is 30.4. The second-order valence-corrected chi connectivity index (χ2v) is 7.89. The summed E-state index contributed by atoms with van der Waals surface area (Å²) in [4.78, 5) is 0. The van der Waals surface area contributed by atoms with Crippen molar-refractivity contribution in [3.05, 3.63) is 5.82 Å². The maximum absolute atomic E-state index is 11.6. The molecule has 1 aliphatic rings. The number of hydrogen-bond donors (Lipinski definition) is 0. The number of ether oxygens (including phenoxy) is 1. The number of hydrogen-bond acceptors (Lipinski definition) is 5. The van der Waals surface area contributed by atoms with Gasteiger partial charge in [0.05, 0.1) is 0 Å². The van der Waals surface area contributed by atoms with Crippen molar-refractivity contribution in [2.24, 2.45) is 5.92 Å². The van der Waals surface area contributed by atoms with Crippen LogP contribution in [0, 0.1) is 5.92 Å². The van der Waals surface area contributed by atoms with Gasteiger partial charge in [0, 0.05) is 23.8 Å². The Morgan fingerprint density at radius 2 is 2.16 bits per heavy atom. The first-order valence-electron chi connectivity index (χ1n) is 6.26. The van der Waals surface area contributed by atoms with Crippen LogP contribution in [0.4, 0.5) is 0 Å². The van der Waals surface area contributed by atoms with Crippen molar-refractivity contribution in [1.29, 1.82) is 0 Å². The molecular weight excluding hydrogens is 290 g/mol. The summed E-state index contributed by atoms with van der Waals surface area (Å²) in [7, 11) is 1.51. The molecule has 0 radical (unpaired) electrons. The van der Waals surface area contributed by atoms with Gasteiger partial charge in [-0.15, -0.1) is 10.2 Å². The summed E-state index contributed by atoms with van der Waals surface area (Å²) in [6.45, 7) is 7.03. The minimum Gasteiger partial charge on any atom is -0.367 e. The van der Waals surface area contributed by atoms with Gasteiger partial charge >= 0.3 is 0 Å². The first-order valence-corrected chi connectivity index (χ1v) is 8.57. The van der Waals surface area contributed by atoms with Crippen LogP contribution in [-0.2, 0) is 25.9 Å². The Kier molecular flexibility index (Phi) is 3.90. The summed E-state index contributed by atoms with van der Waals surface area (Å²) in [6, 6.07) is 0. The molecule has 1 aromatic rings. The number of aromatic nitrogens is 3. The van der Waals surface area contributed by atoms with Crippen LogP contribution in [0.15, 0.2) is 5.16 Å². The van der Waals surface area contributed by atoms with Gasteiger partial charge in [-0.25, -0.2) is 8.42 Å². The lowest BCUT2D eigenvalue weighted by atomic mass is 10.0. The SMILES string of the molecule is CC(C)Cn1c(C2(C)CCCO2)nnc1S(=O)(=O)Cl. The molecule has 1 aromatic heterocycles. The van der Waals surface area contributed by atoms with Gasteiger partial charge in [0.25, 0.3) is 14.2 Å². The molecule has 0 N–H and O–H groups in total. The lowest BCUT2D eigenvalue weighted by molar-refractivity contribution is 0.00534. The van der Waals surface area contributed by atoms with Crippen LogP contribution in [0.25, 0.3) is 0 Å². The molecule has 0 saturated carbocycles. The van der Waals surface area contributed by atoms with E-state index in [2.05, 4.69) is 10.2 Å². The molecule has 0 spiro atoms. The average molecular weight is 308 g/mol. The molecule has 1 unspecified atom stereocenters. The Bertz CT molecular complexity index is 562. The lowest BCUT2D eigenvalue weighted by Crippen LogP contribution is -2.27. The van der Waals surface area contributed by atoms with Gasteiger partial charge in [-0.3, -0.25) is 4.57 Å². The molecule has 0 aromatic carbocycles. The van der Waals surface area contributed by atoms with Crippen molar-refractivity contribution in [2.45, 2.75) is 50.9 Å². The average Bonchev–Trinajstić information content (AvgIpc) is 2.83. The monoisotopic (exact) mass is 307 g/mol. The van der Waals surface area contributed by atoms with Gasteiger partial charge in [0.2, 0.25) is 0 Å². The Labute approximate surface area is 117 Å². The normalized spacial score (nSPS) is 24.3. The van der Waals surface area contributed by atoms with E-state index < -0.39 is 14.7 Å². The zero-order valence-corrected chi connectivity index (χ0v) is 12.8. The van der Waals surface area contributed by atoms with Gasteiger partial charge in [-0.05, 0) is 25.7 Å². The minimum atomic E-state index is -3.91. The van der Waals surface area contributed by atoms with Crippen molar-refractivity contribution in [2.75, 3.05) is 6.61 Å². The number of rotatable bonds is 4. The molecule has 2 heterocycles. The molecule has 19 heavy (non-hydrogen) atoms. The van der Waals surface area contributed by atoms with E-state index in [1.165, 1.54) is 0 Å². The molecule has 2 rings (SSSR count). The quantitative estimate of drug-likeness (QED) is 0.794. The van der Waals surface area contributed by atoms with E-state index in [-0.39, 0.29) is 11.1 Å². The van der Waals surface area contributed by atoms with E-state index in [1.807, 2.05) is 20.8 Å². The highest BCUT2D eigenvalue weighted by atomic mass is 35.7. The van der Waals surface area contributed by atoms with Gasteiger partial charge < -0.3 is 4.74 Å². The molecule has 1 aliphatic heterocycles. The highest BCUT2D eigenvalue weighted by Gasteiger charge is 2.39. The molecular formula is C11H18ClN3O3S. The van der Waals surface area contributed by atoms with Crippen molar-refractivity contribution in [1.82, 2.24) is 14.8 Å². The van der Waals surface area contributed by atoms with Crippen molar-refractivity contribution < 1.29 is 13.2 Å². The third-order valence-corrected chi connectivity index (χ3v) is 4.33. The Morgan fingerprint density at radius 1 is 1.47 bits per heavy atom. The highest BCUT2D eigenvalue weighted by Crippen LogP contribution is 2.35. The largest absolute Gasteiger partial charge is 0.367 e. The van der Waals surface area contributed by atoms with E-state index in [0.717, 1.165) is 12.8 Å². The fourth-order valence-electron chi connectivity index (χ4n) is 2.35. The van der Waals surface area contributed by atoms with E-state index in [0.29, 0.717) is 19.0 Å². The van der Waals surface area contributed by atoms with Crippen LogP contribution in [-0.4, -0.2) is 29.8 Å². The maximum Gasteiger partial charge on any atom is 0.296 e. The summed E-state index contributed by atoms with van der Waals surface area (Å²) in [5.41, 5.74) is -0.582. The topological polar surface area (TPSA) is 74.1 Å². The van der Waals surface area contributed by atoms with Crippen LogP contribution in [0.3, 0.4) is 0 Å². The molecule has 0 bridgehead atoms. The standard InChI is InChI=1S/C11H18ClN3O3S/c1-8(2)7-15-9(11(3)5-4-6-18-11)13-14-10(15)19(12,16)17/h8H,4-7H2,1-3H3. The summed E-state index contributed by atoms with van der Waals surface area (Å²) in [5, 5.41) is 7.56. The number of halogens is 1. The van der Waals surface area contributed by atoms with Gasteiger partial charge in [-0.1, -0.05) is 13.8 Å². The van der Waals surface area contributed by atoms with Crippen LogP contribution in [0.1, 0.15) is 39.4 Å². The Balaban J connectivity index is 2.53. The number of nitrogens with zero attached hydrogens (tertiary/aromatic N) is 3. The van der Waals surface area contributed by atoms with Crippen LogP contribution < -0.4 is 0 Å². The second kappa shape index (κ2) is 5.03. The first kappa shape index (κ1) is 14.7. The van der Waals surface area contributed by atoms with Crippen LogP contribution in [0.2, 0.25) is 0 Å². The smallest absolute Gasteiger partial charge is 0.296 e. The van der Waals surface area contributed by atoms with Crippen LogP contribution >= 0.6 is 10.7 Å². The van der Waals surface area contributed by atoms with Gasteiger partial charge in [0.15, 0.2) is 5.82 Å². The molecule has 0 amide bonds. The summed E-state index contributed by atoms with van der Waals surface area (Å²) in [6.07, 6.45) is 1.72. The van der Waals surface area contributed by atoms with Gasteiger partial charge in [0.1, 0.15) is 5.60 Å². The van der Waals surface area contributed by atoms with Crippen molar-refractivity contribution in [3.8, 4) is 0 Å². The molecule has 1 fully saturated rings. The third-order valence-electron chi connectivity index (χ3n) is 3.17. The Hall–Kier alpha value is -0.660. The zero-order valence-electron chi connectivity index (χ0n) is 11.3. The summed E-state index contributed by atoms with van der Waals surface area (Å²) in [5.74, 6) is 0.787. The maximum atomic E-state index is 11.6. The molecule has 8 heteroatoms. The Morgan fingerprint density at radius 3 is 2.63 bits per heavy atom. The van der Waals surface area contributed by atoms with E-state index in [9.17, 15) is 8.42 Å². The van der Waals surface area contributed by atoms with Gasteiger partial charge in [-0.2, -0.15) is 0 Å². The van der Waals surface area contributed by atoms with Crippen molar-refractivity contribution >= 4 is 19.7 Å². The predicted molar refractivity (Wildman–Crippen MR) is 70.4 cm³/mol. The fraction of sp³-hybridized carbons (Fsp3) is 0.818. The lowest BCUT2D eigenvalue weighted by Gasteiger charge is -2.23. The molecule has 6 nitrogen and oxygen atoms in total. The summed E-state index contributed by atoms with van der Waals surface area (Å²) >= 11 is 0. The van der Waals surface area contributed by atoms with E-state index in [4.69, 9.17) is 15.4 Å². The predicted octanol–water partition coefficient (Wildman–Crippen LogP) is 1.89. The highest BCUT2D eigenvalue weighted by molar-refractivity contribution is 8.13. The minimum absolute atomic E-state index is 0.199.